The summed E-state index contributed by atoms with van der Waals surface area (Å²) in [7, 11) is -3.42. The molecule has 1 aliphatic heterocycles. The quantitative estimate of drug-likeness (QED) is 0.642. The van der Waals surface area contributed by atoms with E-state index < -0.39 is 10.2 Å². The Morgan fingerprint density at radius 1 is 0.968 bits per heavy atom. The Morgan fingerprint density at radius 2 is 1.71 bits per heavy atom. The van der Waals surface area contributed by atoms with E-state index in [-0.39, 0.29) is 12.1 Å². The summed E-state index contributed by atoms with van der Waals surface area (Å²) in [4.78, 5) is 2.50. The first-order valence-electron chi connectivity index (χ1n) is 12.3. The minimum atomic E-state index is -3.42. The Hall–Kier alpha value is -0.990. The number of benzene rings is 1. The molecule has 0 amide bonds. The van der Waals surface area contributed by atoms with Gasteiger partial charge in [-0.3, -0.25) is 4.90 Å². The first-order valence-corrected chi connectivity index (χ1v) is 13.7. The second-order valence-corrected chi connectivity index (χ2v) is 11.5. The number of hydrogen-bond donors (Lipinski definition) is 2. The third kappa shape index (κ3) is 5.33. The van der Waals surface area contributed by atoms with Crippen LogP contribution in [0.2, 0.25) is 0 Å². The highest BCUT2D eigenvalue weighted by Gasteiger charge is 2.41. The van der Waals surface area contributed by atoms with Gasteiger partial charge in [-0.1, -0.05) is 24.6 Å². The number of nitrogens with one attached hydrogen (secondary N) is 2. The maximum absolute atomic E-state index is 12.7. The van der Waals surface area contributed by atoms with Crippen LogP contribution < -0.4 is 9.44 Å². The summed E-state index contributed by atoms with van der Waals surface area (Å²) in [6, 6.07) is 7.23. The molecule has 2 bridgehead atoms. The fourth-order valence-electron chi connectivity index (χ4n) is 5.90. The van der Waals surface area contributed by atoms with Gasteiger partial charge in [0.2, 0.25) is 0 Å². The Balaban J connectivity index is 1.20. The number of rotatable bonds is 8. The highest BCUT2D eigenvalue weighted by atomic mass is 32.2. The number of nitrogens with zero attached hydrogens (tertiary/aromatic N) is 1. The van der Waals surface area contributed by atoms with Gasteiger partial charge >= 0.3 is 0 Å². The first kappa shape index (κ1) is 21.8. The van der Waals surface area contributed by atoms with Gasteiger partial charge in [0, 0.05) is 25.2 Å². The minimum Gasteiger partial charge on any atom is -0.379 e. The number of morpholine rings is 1. The summed E-state index contributed by atoms with van der Waals surface area (Å²) in [6.07, 6.45) is 9.61. The molecular weight excluding hydrogens is 410 g/mol. The summed E-state index contributed by atoms with van der Waals surface area (Å²) in [5.74, 6) is 0.823. The van der Waals surface area contributed by atoms with Crippen molar-refractivity contribution in [2.24, 2.45) is 11.8 Å². The van der Waals surface area contributed by atoms with Crippen LogP contribution in [0.15, 0.2) is 18.2 Å². The van der Waals surface area contributed by atoms with Crippen molar-refractivity contribution in [1.29, 1.82) is 0 Å². The van der Waals surface area contributed by atoms with Crippen LogP contribution in [-0.2, 0) is 34.2 Å². The standard InChI is InChI=1S/C24H37N3O3S/c28-31(29,25-23-4-1-5-23)26-24-20-8-9-21(24)17-22-15-18(6-7-19(22)16-20)3-2-10-27-11-13-30-14-12-27/h6-7,15,20-21,23-26H,1-5,8-14,16-17H2. The summed E-state index contributed by atoms with van der Waals surface area (Å²) < 4.78 is 36.7. The van der Waals surface area contributed by atoms with Gasteiger partial charge in [-0.05, 0) is 86.4 Å². The molecule has 3 unspecified atom stereocenters. The molecule has 7 heteroatoms. The molecule has 3 atom stereocenters. The molecule has 5 rings (SSSR count). The molecule has 2 saturated carbocycles. The molecule has 2 N–H and O–H groups in total. The second kappa shape index (κ2) is 9.48. The number of hydrogen-bond acceptors (Lipinski definition) is 4. The van der Waals surface area contributed by atoms with Gasteiger partial charge in [-0.2, -0.15) is 17.9 Å². The molecule has 31 heavy (non-hydrogen) atoms. The van der Waals surface area contributed by atoms with Gasteiger partial charge in [-0.15, -0.1) is 0 Å². The molecule has 0 spiro atoms. The molecule has 0 aromatic heterocycles. The smallest absolute Gasteiger partial charge is 0.277 e. The van der Waals surface area contributed by atoms with Crippen molar-refractivity contribution in [1.82, 2.24) is 14.3 Å². The maximum atomic E-state index is 12.7. The molecule has 3 fully saturated rings. The van der Waals surface area contributed by atoms with Crippen LogP contribution in [0.25, 0.3) is 0 Å². The van der Waals surface area contributed by atoms with Crippen molar-refractivity contribution in [3.05, 3.63) is 34.9 Å². The van der Waals surface area contributed by atoms with E-state index in [1.165, 1.54) is 23.1 Å². The maximum Gasteiger partial charge on any atom is 0.277 e. The molecule has 3 aliphatic carbocycles. The van der Waals surface area contributed by atoms with E-state index in [0.29, 0.717) is 11.8 Å². The Morgan fingerprint density at radius 3 is 2.42 bits per heavy atom. The lowest BCUT2D eigenvalue weighted by atomic mass is 9.91. The molecule has 1 saturated heterocycles. The lowest BCUT2D eigenvalue weighted by Crippen LogP contribution is -2.51. The summed E-state index contributed by atoms with van der Waals surface area (Å²) in [5.41, 5.74) is 4.31. The molecule has 1 heterocycles. The average molecular weight is 448 g/mol. The lowest BCUT2D eigenvalue weighted by Gasteiger charge is -2.29. The van der Waals surface area contributed by atoms with Crippen LogP contribution in [0.3, 0.4) is 0 Å². The molecule has 1 aromatic rings. The number of fused-ring (bicyclic) bond motifs is 3. The fraction of sp³-hybridized carbons (Fsp3) is 0.750. The van der Waals surface area contributed by atoms with Crippen molar-refractivity contribution in [3.63, 3.8) is 0 Å². The van der Waals surface area contributed by atoms with Crippen molar-refractivity contribution in [3.8, 4) is 0 Å². The first-order chi connectivity index (χ1) is 15.1. The van der Waals surface area contributed by atoms with E-state index in [1.807, 2.05) is 0 Å². The zero-order chi connectivity index (χ0) is 21.3. The zero-order valence-corrected chi connectivity index (χ0v) is 19.3. The van der Waals surface area contributed by atoms with Crippen molar-refractivity contribution >= 4 is 10.2 Å². The summed E-state index contributed by atoms with van der Waals surface area (Å²) >= 11 is 0. The third-order valence-electron chi connectivity index (χ3n) is 7.92. The summed E-state index contributed by atoms with van der Waals surface area (Å²) in [5, 5.41) is 0. The van der Waals surface area contributed by atoms with Gasteiger partial charge in [0.05, 0.1) is 13.2 Å². The van der Waals surface area contributed by atoms with E-state index in [1.54, 1.807) is 0 Å². The number of aryl methyl sites for hydroxylation is 1. The van der Waals surface area contributed by atoms with Crippen LogP contribution in [-0.4, -0.2) is 58.2 Å². The molecule has 0 radical (unpaired) electrons. The van der Waals surface area contributed by atoms with Crippen LogP contribution in [0, 0.1) is 11.8 Å². The predicted molar refractivity (Wildman–Crippen MR) is 122 cm³/mol. The fourth-order valence-corrected chi connectivity index (χ4v) is 7.39. The van der Waals surface area contributed by atoms with Crippen LogP contribution in [0.5, 0.6) is 0 Å². The van der Waals surface area contributed by atoms with Crippen molar-refractivity contribution in [2.45, 2.75) is 69.9 Å². The molecule has 6 nitrogen and oxygen atoms in total. The zero-order valence-electron chi connectivity index (χ0n) is 18.5. The SMILES string of the molecule is O=S(=O)(NC1CCC1)NC1C2CCC1Cc1cc(CCCN3CCOCC3)ccc1C2. The Labute approximate surface area is 187 Å². The predicted octanol–water partition coefficient (Wildman–Crippen LogP) is 2.42. The van der Waals surface area contributed by atoms with Gasteiger partial charge in [0.15, 0.2) is 0 Å². The van der Waals surface area contributed by atoms with Gasteiger partial charge in [0.25, 0.3) is 10.2 Å². The van der Waals surface area contributed by atoms with Crippen LogP contribution in [0.4, 0.5) is 0 Å². The lowest BCUT2D eigenvalue weighted by molar-refractivity contribution is 0.0374. The van der Waals surface area contributed by atoms with E-state index in [2.05, 4.69) is 32.5 Å². The van der Waals surface area contributed by atoms with Crippen LogP contribution >= 0.6 is 0 Å². The number of ether oxygens (including phenoxy) is 1. The Bertz CT molecular complexity index is 865. The van der Waals surface area contributed by atoms with Gasteiger partial charge in [-0.25, -0.2) is 0 Å². The van der Waals surface area contributed by atoms with E-state index >= 15 is 0 Å². The van der Waals surface area contributed by atoms with E-state index in [0.717, 1.165) is 84.2 Å². The molecule has 4 aliphatic rings. The monoisotopic (exact) mass is 447 g/mol. The van der Waals surface area contributed by atoms with Gasteiger partial charge < -0.3 is 4.74 Å². The topological polar surface area (TPSA) is 70.7 Å². The van der Waals surface area contributed by atoms with E-state index in [9.17, 15) is 8.42 Å². The molecular formula is C24H37N3O3S. The average Bonchev–Trinajstić information content (AvgIpc) is 2.99. The largest absolute Gasteiger partial charge is 0.379 e. The van der Waals surface area contributed by atoms with Crippen molar-refractivity contribution < 1.29 is 13.2 Å². The minimum absolute atomic E-state index is 0.0646. The summed E-state index contributed by atoms with van der Waals surface area (Å²) in [6.45, 7) is 4.98. The highest BCUT2D eigenvalue weighted by Crippen LogP contribution is 2.40. The molecule has 1 aromatic carbocycles. The normalized spacial score (nSPS) is 29.4. The highest BCUT2D eigenvalue weighted by molar-refractivity contribution is 7.87. The van der Waals surface area contributed by atoms with Crippen LogP contribution in [0.1, 0.15) is 55.2 Å². The Kier molecular flexibility index (Phi) is 6.67. The van der Waals surface area contributed by atoms with Gasteiger partial charge in [0.1, 0.15) is 0 Å². The van der Waals surface area contributed by atoms with Crippen molar-refractivity contribution in [2.75, 3.05) is 32.8 Å². The third-order valence-corrected chi connectivity index (χ3v) is 9.15. The molecule has 172 valence electrons. The second-order valence-electron chi connectivity index (χ2n) is 10.1. The van der Waals surface area contributed by atoms with E-state index in [4.69, 9.17) is 4.74 Å².